The third-order valence-corrected chi connectivity index (χ3v) is 3.11. The molecule has 0 spiro atoms. The molecule has 0 fully saturated rings. The number of hydrogen-bond donors (Lipinski definition) is 1. The van der Waals surface area contributed by atoms with Crippen LogP contribution in [-0.4, -0.2) is 14.2 Å². The van der Waals surface area contributed by atoms with Gasteiger partial charge in [0.25, 0.3) is 0 Å². The number of nitrogens with two attached hydrogens (primary N) is 1. The van der Waals surface area contributed by atoms with Gasteiger partial charge in [-0.2, -0.15) is 0 Å². The summed E-state index contributed by atoms with van der Waals surface area (Å²) in [5, 5.41) is 0.662. The second-order valence-corrected chi connectivity index (χ2v) is 4.69. The van der Waals surface area contributed by atoms with Gasteiger partial charge in [0.1, 0.15) is 5.75 Å². The number of methoxy groups -OCH3 is 2. The van der Waals surface area contributed by atoms with Gasteiger partial charge in [-0.3, -0.25) is 0 Å². The SMILES string of the molecule is COc1cc(N)c(Oc2ccc(Cl)cc2C)cc1OC. The molecule has 2 N–H and O–H groups in total. The molecule has 0 heterocycles. The largest absolute Gasteiger partial charge is 0.493 e. The van der Waals surface area contributed by atoms with Gasteiger partial charge in [0.15, 0.2) is 17.2 Å². The molecule has 0 atom stereocenters. The highest BCUT2D eigenvalue weighted by Crippen LogP contribution is 2.39. The lowest BCUT2D eigenvalue weighted by atomic mass is 10.2. The molecule has 0 saturated carbocycles. The Balaban J connectivity index is 2.38. The quantitative estimate of drug-likeness (QED) is 0.864. The van der Waals surface area contributed by atoms with Crippen LogP contribution in [-0.2, 0) is 0 Å². The highest BCUT2D eigenvalue weighted by atomic mass is 35.5. The number of nitrogen functional groups attached to an aromatic ring is 1. The molecule has 5 heteroatoms. The zero-order valence-corrected chi connectivity index (χ0v) is 12.3. The van der Waals surface area contributed by atoms with Gasteiger partial charge in [0.2, 0.25) is 0 Å². The predicted octanol–water partition coefficient (Wildman–Crippen LogP) is 4.04. The summed E-state index contributed by atoms with van der Waals surface area (Å²) in [7, 11) is 3.12. The van der Waals surface area contributed by atoms with E-state index in [0.29, 0.717) is 33.7 Å². The number of aryl methyl sites for hydroxylation is 1. The highest BCUT2D eigenvalue weighted by molar-refractivity contribution is 6.30. The van der Waals surface area contributed by atoms with Gasteiger partial charge in [-0.25, -0.2) is 0 Å². The van der Waals surface area contributed by atoms with Gasteiger partial charge >= 0.3 is 0 Å². The average Bonchev–Trinajstić information content (AvgIpc) is 2.43. The Morgan fingerprint density at radius 2 is 1.55 bits per heavy atom. The van der Waals surface area contributed by atoms with Crippen molar-refractivity contribution in [2.75, 3.05) is 20.0 Å². The maximum absolute atomic E-state index is 5.96. The molecule has 2 aromatic rings. The molecule has 0 aromatic heterocycles. The van der Waals surface area contributed by atoms with E-state index in [1.54, 1.807) is 38.5 Å². The fourth-order valence-electron chi connectivity index (χ4n) is 1.81. The van der Waals surface area contributed by atoms with E-state index >= 15 is 0 Å². The smallest absolute Gasteiger partial charge is 0.164 e. The van der Waals surface area contributed by atoms with Crippen LogP contribution in [0.4, 0.5) is 5.69 Å². The van der Waals surface area contributed by atoms with Crippen molar-refractivity contribution < 1.29 is 14.2 Å². The van der Waals surface area contributed by atoms with Gasteiger partial charge in [-0.05, 0) is 30.7 Å². The van der Waals surface area contributed by atoms with E-state index in [1.165, 1.54) is 0 Å². The summed E-state index contributed by atoms with van der Waals surface area (Å²) in [4.78, 5) is 0. The van der Waals surface area contributed by atoms with Gasteiger partial charge in [-0.15, -0.1) is 0 Å². The molecule has 20 heavy (non-hydrogen) atoms. The lowest BCUT2D eigenvalue weighted by Gasteiger charge is -2.14. The molecule has 4 nitrogen and oxygen atoms in total. The van der Waals surface area contributed by atoms with E-state index in [4.69, 9.17) is 31.5 Å². The van der Waals surface area contributed by atoms with Crippen LogP contribution in [0, 0.1) is 6.92 Å². The van der Waals surface area contributed by atoms with Crippen molar-refractivity contribution in [3.05, 3.63) is 40.9 Å². The molecule has 0 aliphatic heterocycles. The Hall–Kier alpha value is -2.07. The van der Waals surface area contributed by atoms with Crippen LogP contribution in [0.1, 0.15) is 5.56 Å². The fourth-order valence-corrected chi connectivity index (χ4v) is 2.04. The topological polar surface area (TPSA) is 53.7 Å². The lowest BCUT2D eigenvalue weighted by Crippen LogP contribution is -1.97. The third kappa shape index (κ3) is 2.91. The molecule has 0 aliphatic rings. The second-order valence-electron chi connectivity index (χ2n) is 4.26. The number of hydrogen-bond acceptors (Lipinski definition) is 4. The number of anilines is 1. The lowest BCUT2D eigenvalue weighted by molar-refractivity contribution is 0.352. The minimum absolute atomic E-state index is 0.469. The van der Waals surface area contributed by atoms with Crippen molar-refractivity contribution in [3.63, 3.8) is 0 Å². The average molecular weight is 294 g/mol. The van der Waals surface area contributed by atoms with E-state index in [9.17, 15) is 0 Å². The second kappa shape index (κ2) is 5.92. The molecule has 2 aromatic carbocycles. The van der Waals surface area contributed by atoms with Gasteiger partial charge in [0, 0.05) is 17.2 Å². The van der Waals surface area contributed by atoms with Crippen LogP contribution < -0.4 is 19.9 Å². The first-order chi connectivity index (χ1) is 9.55. The summed E-state index contributed by atoms with van der Waals surface area (Å²) in [5.74, 6) is 2.31. The summed E-state index contributed by atoms with van der Waals surface area (Å²) >= 11 is 5.92. The van der Waals surface area contributed by atoms with Crippen LogP contribution in [0.25, 0.3) is 0 Å². The molecule has 0 aliphatic carbocycles. The van der Waals surface area contributed by atoms with Gasteiger partial charge in [0.05, 0.1) is 19.9 Å². The number of benzene rings is 2. The summed E-state index contributed by atoms with van der Waals surface area (Å²) < 4.78 is 16.2. The Morgan fingerprint density at radius 3 is 2.15 bits per heavy atom. The van der Waals surface area contributed by atoms with Crippen molar-refractivity contribution >= 4 is 17.3 Å². The van der Waals surface area contributed by atoms with Crippen molar-refractivity contribution in [1.82, 2.24) is 0 Å². The Labute approximate surface area is 123 Å². The number of rotatable bonds is 4. The third-order valence-electron chi connectivity index (χ3n) is 2.87. The first-order valence-corrected chi connectivity index (χ1v) is 6.38. The summed E-state index contributed by atoms with van der Waals surface area (Å²) in [6.45, 7) is 1.91. The molecule has 2 rings (SSSR count). The molecule has 0 amide bonds. The first-order valence-electron chi connectivity index (χ1n) is 6.00. The molecule has 0 radical (unpaired) electrons. The minimum Gasteiger partial charge on any atom is -0.493 e. The molecule has 106 valence electrons. The molecule has 0 saturated heterocycles. The summed E-state index contributed by atoms with van der Waals surface area (Å²) in [6, 6.07) is 8.75. The zero-order valence-electron chi connectivity index (χ0n) is 11.6. The van der Waals surface area contributed by atoms with E-state index in [0.717, 1.165) is 5.56 Å². The van der Waals surface area contributed by atoms with Crippen LogP contribution in [0.15, 0.2) is 30.3 Å². The molecular weight excluding hydrogens is 278 g/mol. The normalized spacial score (nSPS) is 10.2. The highest BCUT2D eigenvalue weighted by Gasteiger charge is 2.12. The Bertz CT molecular complexity index is 629. The maximum atomic E-state index is 5.96. The van der Waals surface area contributed by atoms with Gasteiger partial charge in [-0.1, -0.05) is 11.6 Å². The van der Waals surface area contributed by atoms with Crippen LogP contribution in [0.5, 0.6) is 23.0 Å². The molecule has 0 unspecified atom stereocenters. The monoisotopic (exact) mass is 293 g/mol. The number of halogens is 1. The predicted molar refractivity (Wildman–Crippen MR) is 80.2 cm³/mol. The fraction of sp³-hybridized carbons (Fsp3) is 0.200. The van der Waals surface area contributed by atoms with E-state index in [1.807, 2.05) is 13.0 Å². The molecule has 0 bridgehead atoms. The van der Waals surface area contributed by atoms with Crippen molar-refractivity contribution in [2.24, 2.45) is 0 Å². The van der Waals surface area contributed by atoms with Crippen molar-refractivity contribution in [2.45, 2.75) is 6.92 Å². The van der Waals surface area contributed by atoms with Crippen LogP contribution in [0.2, 0.25) is 5.02 Å². The van der Waals surface area contributed by atoms with Crippen LogP contribution in [0.3, 0.4) is 0 Å². The van der Waals surface area contributed by atoms with E-state index < -0.39 is 0 Å². The van der Waals surface area contributed by atoms with Crippen molar-refractivity contribution in [3.8, 4) is 23.0 Å². The zero-order chi connectivity index (χ0) is 14.7. The number of ether oxygens (including phenoxy) is 3. The molecular formula is C15H16ClNO3. The minimum atomic E-state index is 0.469. The maximum Gasteiger partial charge on any atom is 0.164 e. The van der Waals surface area contributed by atoms with Crippen molar-refractivity contribution in [1.29, 1.82) is 0 Å². The standard InChI is InChI=1S/C15H16ClNO3/c1-9-6-10(16)4-5-12(9)20-13-8-15(19-3)14(18-2)7-11(13)17/h4-8H,17H2,1-3H3. The summed E-state index contributed by atoms with van der Waals surface area (Å²) in [5.41, 5.74) is 7.35. The van der Waals surface area contributed by atoms with Gasteiger partial charge < -0.3 is 19.9 Å². The van der Waals surface area contributed by atoms with E-state index in [2.05, 4.69) is 0 Å². The summed E-state index contributed by atoms with van der Waals surface area (Å²) in [6.07, 6.45) is 0. The Kier molecular flexibility index (Phi) is 4.25. The Morgan fingerprint density at radius 1 is 0.900 bits per heavy atom. The first kappa shape index (κ1) is 14.3. The van der Waals surface area contributed by atoms with Crippen LogP contribution >= 0.6 is 11.6 Å². The van der Waals surface area contributed by atoms with E-state index in [-0.39, 0.29) is 0 Å².